The zero-order chi connectivity index (χ0) is 12.1. The largest absolute Gasteiger partial charge is 0.327 e. The minimum absolute atomic E-state index is 0.313. The molecular formula is C15H24N2. The molecule has 17 heavy (non-hydrogen) atoms. The van der Waals surface area contributed by atoms with Crippen molar-refractivity contribution in [1.29, 1.82) is 0 Å². The second-order valence-corrected chi connectivity index (χ2v) is 5.43. The Labute approximate surface area is 105 Å². The van der Waals surface area contributed by atoms with Crippen LogP contribution in [-0.2, 0) is 6.42 Å². The average molecular weight is 232 g/mol. The van der Waals surface area contributed by atoms with Crippen LogP contribution in [0, 0.1) is 11.8 Å². The Morgan fingerprint density at radius 2 is 2.35 bits per heavy atom. The molecule has 0 aliphatic heterocycles. The monoisotopic (exact) mass is 232 g/mol. The van der Waals surface area contributed by atoms with Gasteiger partial charge in [-0.1, -0.05) is 32.3 Å². The first-order valence-electron chi connectivity index (χ1n) is 6.94. The van der Waals surface area contributed by atoms with Crippen LogP contribution < -0.4 is 5.73 Å². The third-order valence-corrected chi connectivity index (χ3v) is 4.20. The van der Waals surface area contributed by atoms with Crippen molar-refractivity contribution in [1.82, 2.24) is 4.98 Å². The fourth-order valence-electron chi connectivity index (χ4n) is 3.05. The molecule has 0 radical (unpaired) electrons. The van der Waals surface area contributed by atoms with Gasteiger partial charge in [-0.2, -0.15) is 0 Å². The van der Waals surface area contributed by atoms with Gasteiger partial charge in [-0.25, -0.2) is 0 Å². The third kappa shape index (κ3) is 3.53. The van der Waals surface area contributed by atoms with E-state index in [9.17, 15) is 0 Å². The Kier molecular flexibility index (Phi) is 4.55. The minimum Gasteiger partial charge on any atom is -0.327 e. The molecule has 94 valence electrons. The van der Waals surface area contributed by atoms with Crippen molar-refractivity contribution in [2.75, 3.05) is 0 Å². The van der Waals surface area contributed by atoms with Crippen molar-refractivity contribution in [3.05, 3.63) is 30.1 Å². The van der Waals surface area contributed by atoms with E-state index in [4.69, 9.17) is 5.73 Å². The van der Waals surface area contributed by atoms with E-state index in [1.165, 1.54) is 37.7 Å². The van der Waals surface area contributed by atoms with Gasteiger partial charge in [0.05, 0.1) is 0 Å². The van der Waals surface area contributed by atoms with E-state index in [1.54, 1.807) is 0 Å². The molecule has 2 rings (SSSR count). The van der Waals surface area contributed by atoms with Crippen molar-refractivity contribution < 1.29 is 0 Å². The summed E-state index contributed by atoms with van der Waals surface area (Å²) in [5.41, 5.74) is 7.65. The molecule has 1 aromatic rings. The number of pyridine rings is 1. The van der Waals surface area contributed by atoms with Gasteiger partial charge in [-0.15, -0.1) is 0 Å². The summed E-state index contributed by atoms with van der Waals surface area (Å²) in [7, 11) is 0. The summed E-state index contributed by atoms with van der Waals surface area (Å²) in [6, 6.07) is 4.44. The smallest absolute Gasteiger partial charge is 0.0300 e. The van der Waals surface area contributed by atoms with Crippen LogP contribution >= 0.6 is 0 Å². The normalized spacial score (nSPS) is 26.7. The Hall–Kier alpha value is -0.890. The highest BCUT2D eigenvalue weighted by Gasteiger charge is 2.25. The molecule has 0 amide bonds. The molecule has 0 saturated heterocycles. The number of hydrogen-bond donors (Lipinski definition) is 1. The van der Waals surface area contributed by atoms with Crippen LogP contribution in [0.2, 0.25) is 0 Å². The maximum atomic E-state index is 6.37. The van der Waals surface area contributed by atoms with Crippen molar-refractivity contribution >= 4 is 0 Å². The van der Waals surface area contributed by atoms with Gasteiger partial charge in [0.25, 0.3) is 0 Å². The Morgan fingerprint density at radius 3 is 3.06 bits per heavy atom. The highest BCUT2D eigenvalue weighted by atomic mass is 14.7. The van der Waals surface area contributed by atoms with E-state index in [0.29, 0.717) is 12.0 Å². The first-order valence-corrected chi connectivity index (χ1v) is 6.94. The van der Waals surface area contributed by atoms with E-state index >= 15 is 0 Å². The lowest BCUT2D eigenvalue weighted by atomic mass is 9.76. The highest BCUT2D eigenvalue weighted by Crippen LogP contribution is 2.33. The van der Waals surface area contributed by atoms with Crippen LogP contribution in [0.25, 0.3) is 0 Å². The van der Waals surface area contributed by atoms with E-state index in [1.807, 2.05) is 18.5 Å². The van der Waals surface area contributed by atoms with Crippen LogP contribution in [0.1, 0.15) is 44.6 Å². The molecule has 0 aromatic carbocycles. The Morgan fingerprint density at radius 1 is 1.47 bits per heavy atom. The molecule has 2 N–H and O–H groups in total. The van der Waals surface area contributed by atoms with Crippen LogP contribution in [0.15, 0.2) is 24.5 Å². The lowest BCUT2D eigenvalue weighted by Crippen LogP contribution is -2.35. The van der Waals surface area contributed by atoms with Crippen LogP contribution in [-0.4, -0.2) is 11.0 Å². The number of hydrogen-bond acceptors (Lipinski definition) is 2. The van der Waals surface area contributed by atoms with Gasteiger partial charge in [-0.3, -0.25) is 4.98 Å². The molecule has 1 aliphatic carbocycles. The van der Waals surface area contributed by atoms with Gasteiger partial charge in [0.2, 0.25) is 0 Å². The first kappa shape index (κ1) is 12.6. The molecule has 1 aliphatic rings. The standard InChI is InChI=1S/C15H24N2/c1-2-12-5-3-7-14(9-12)15(16)10-13-6-4-8-17-11-13/h4,6,8,11-12,14-15H,2-3,5,7,9-10,16H2,1H3. The Bertz CT molecular complexity index is 323. The predicted octanol–water partition coefficient (Wildman–Crippen LogP) is 3.17. The first-order chi connectivity index (χ1) is 8.29. The van der Waals surface area contributed by atoms with Crippen molar-refractivity contribution in [2.45, 2.75) is 51.5 Å². The Balaban J connectivity index is 1.89. The molecule has 3 unspecified atom stereocenters. The predicted molar refractivity (Wildman–Crippen MR) is 71.7 cm³/mol. The average Bonchev–Trinajstić information content (AvgIpc) is 2.40. The van der Waals surface area contributed by atoms with Gasteiger partial charge < -0.3 is 5.73 Å². The van der Waals surface area contributed by atoms with Crippen molar-refractivity contribution in [3.8, 4) is 0 Å². The molecule has 1 saturated carbocycles. The van der Waals surface area contributed by atoms with Gasteiger partial charge >= 0.3 is 0 Å². The van der Waals surface area contributed by atoms with Crippen LogP contribution in [0.5, 0.6) is 0 Å². The fraction of sp³-hybridized carbons (Fsp3) is 0.667. The zero-order valence-corrected chi connectivity index (χ0v) is 10.8. The van der Waals surface area contributed by atoms with Crippen LogP contribution in [0.3, 0.4) is 0 Å². The van der Waals surface area contributed by atoms with Gasteiger partial charge in [0, 0.05) is 18.4 Å². The molecule has 0 bridgehead atoms. The van der Waals surface area contributed by atoms with Gasteiger partial charge in [-0.05, 0) is 42.7 Å². The summed E-state index contributed by atoms with van der Waals surface area (Å²) in [4.78, 5) is 4.16. The summed E-state index contributed by atoms with van der Waals surface area (Å²) in [5, 5.41) is 0. The quantitative estimate of drug-likeness (QED) is 0.866. The van der Waals surface area contributed by atoms with E-state index < -0.39 is 0 Å². The second-order valence-electron chi connectivity index (χ2n) is 5.43. The fourth-order valence-corrected chi connectivity index (χ4v) is 3.05. The summed E-state index contributed by atoms with van der Waals surface area (Å²) in [6.07, 6.45) is 11.5. The number of nitrogens with zero attached hydrogens (tertiary/aromatic N) is 1. The molecule has 2 heteroatoms. The number of rotatable bonds is 4. The van der Waals surface area contributed by atoms with Gasteiger partial charge in [0.1, 0.15) is 0 Å². The SMILES string of the molecule is CCC1CCCC(C(N)Cc2cccnc2)C1. The lowest BCUT2D eigenvalue weighted by molar-refractivity contribution is 0.228. The maximum Gasteiger partial charge on any atom is 0.0300 e. The van der Waals surface area contributed by atoms with Crippen molar-refractivity contribution in [3.63, 3.8) is 0 Å². The topological polar surface area (TPSA) is 38.9 Å². The van der Waals surface area contributed by atoms with Crippen molar-refractivity contribution in [2.24, 2.45) is 17.6 Å². The van der Waals surface area contributed by atoms with E-state index in [-0.39, 0.29) is 0 Å². The molecule has 2 nitrogen and oxygen atoms in total. The zero-order valence-electron chi connectivity index (χ0n) is 10.8. The summed E-state index contributed by atoms with van der Waals surface area (Å²) in [6.45, 7) is 2.31. The molecule has 1 fully saturated rings. The molecular weight excluding hydrogens is 208 g/mol. The molecule has 0 spiro atoms. The summed E-state index contributed by atoms with van der Waals surface area (Å²) < 4.78 is 0. The van der Waals surface area contributed by atoms with E-state index in [0.717, 1.165) is 12.3 Å². The summed E-state index contributed by atoms with van der Waals surface area (Å²) in [5.74, 6) is 1.63. The van der Waals surface area contributed by atoms with E-state index in [2.05, 4.69) is 18.0 Å². The highest BCUT2D eigenvalue weighted by molar-refractivity contribution is 5.10. The van der Waals surface area contributed by atoms with Gasteiger partial charge in [0.15, 0.2) is 0 Å². The minimum atomic E-state index is 0.313. The molecule has 1 heterocycles. The molecule has 1 aromatic heterocycles. The third-order valence-electron chi connectivity index (χ3n) is 4.20. The number of nitrogens with two attached hydrogens (primary N) is 1. The maximum absolute atomic E-state index is 6.37. The molecule has 3 atom stereocenters. The van der Waals surface area contributed by atoms with Crippen LogP contribution in [0.4, 0.5) is 0 Å². The lowest BCUT2D eigenvalue weighted by Gasteiger charge is -2.32. The summed E-state index contributed by atoms with van der Waals surface area (Å²) >= 11 is 0. The number of aromatic nitrogens is 1. The second kappa shape index (κ2) is 6.15.